The number of nitrogens with one attached hydrogen (secondary N) is 2. The van der Waals surface area contributed by atoms with Gasteiger partial charge in [0.1, 0.15) is 4.99 Å². The number of anilines is 1. The lowest BCUT2D eigenvalue weighted by Crippen LogP contribution is -2.21. The fraction of sp³-hybridized carbons (Fsp3) is 0.273. The van der Waals surface area contributed by atoms with Gasteiger partial charge in [0.15, 0.2) is 0 Å². The molecule has 0 spiro atoms. The van der Waals surface area contributed by atoms with Crippen LogP contribution in [0.15, 0.2) is 18.2 Å². The smallest absolute Gasteiger partial charge is 0.221 e. The number of carbonyl (C=O) groups excluding carboxylic acids is 1. The molecule has 0 aromatic heterocycles. The van der Waals surface area contributed by atoms with E-state index < -0.39 is 0 Å². The third kappa shape index (κ3) is 4.20. The van der Waals surface area contributed by atoms with Crippen LogP contribution in [0.2, 0.25) is 5.02 Å². The van der Waals surface area contributed by atoms with Gasteiger partial charge in [0.25, 0.3) is 0 Å². The second kappa shape index (κ2) is 6.42. The monoisotopic (exact) mass is 271 g/mol. The summed E-state index contributed by atoms with van der Waals surface area (Å²) in [5, 5.41) is 6.22. The molecule has 0 aliphatic rings. The zero-order chi connectivity index (χ0) is 12.8. The van der Waals surface area contributed by atoms with E-state index in [1.165, 1.54) is 0 Å². The summed E-state index contributed by atoms with van der Waals surface area (Å²) in [5.74, 6) is -0.0311. The fourth-order valence-electron chi connectivity index (χ4n) is 1.31. The first-order valence-corrected chi connectivity index (χ1v) is 5.87. The Bertz CT molecular complexity index is 437. The maximum atomic E-state index is 11.1. The van der Waals surface area contributed by atoms with Crippen LogP contribution in [0.1, 0.15) is 12.0 Å². The molecule has 1 amide bonds. The van der Waals surface area contributed by atoms with E-state index in [2.05, 4.69) is 10.6 Å². The van der Waals surface area contributed by atoms with Crippen molar-refractivity contribution in [3.63, 3.8) is 0 Å². The highest BCUT2D eigenvalue weighted by molar-refractivity contribution is 7.80. The van der Waals surface area contributed by atoms with Crippen LogP contribution in [-0.2, 0) is 4.79 Å². The third-order valence-corrected chi connectivity index (χ3v) is 2.65. The summed E-state index contributed by atoms with van der Waals surface area (Å²) >= 11 is 10.8. The zero-order valence-electron chi connectivity index (χ0n) is 9.42. The van der Waals surface area contributed by atoms with Crippen molar-refractivity contribution in [1.29, 1.82) is 0 Å². The van der Waals surface area contributed by atoms with E-state index in [-0.39, 0.29) is 5.91 Å². The maximum Gasteiger partial charge on any atom is 0.221 e. The molecule has 1 aromatic carbocycles. The van der Waals surface area contributed by atoms with E-state index in [0.29, 0.717) is 23.0 Å². The van der Waals surface area contributed by atoms with Crippen LogP contribution in [0, 0.1) is 0 Å². The number of halogens is 1. The Morgan fingerprint density at radius 2 is 2.24 bits per heavy atom. The summed E-state index contributed by atoms with van der Waals surface area (Å²) < 4.78 is 0. The van der Waals surface area contributed by atoms with Gasteiger partial charge in [-0.15, -0.1) is 0 Å². The highest BCUT2D eigenvalue weighted by Gasteiger charge is 2.06. The maximum absolute atomic E-state index is 11.1. The molecule has 0 saturated heterocycles. The second-order valence-corrected chi connectivity index (χ2v) is 4.28. The zero-order valence-corrected chi connectivity index (χ0v) is 11.0. The number of amides is 1. The van der Waals surface area contributed by atoms with E-state index in [9.17, 15) is 4.79 Å². The lowest BCUT2D eigenvalue weighted by molar-refractivity contribution is -0.120. The van der Waals surface area contributed by atoms with Gasteiger partial charge in [0, 0.05) is 36.3 Å². The van der Waals surface area contributed by atoms with Gasteiger partial charge in [0.05, 0.1) is 0 Å². The van der Waals surface area contributed by atoms with E-state index in [1.54, 1.807) is 25.2 Å². The summed E-state index contributed by atoms with van der Waals surface area (Å²) in [6, 6.07) is 5.22. The SMILES string of the molecule is CNC(=O)CCNc1cc(Cl)ccc1C(N)=S. The summed E-state index contributed by atoms with van der Waals surface area (Å²) in [7, 11) is 1.60. The van der Waals surface area contributed by atoms with Crippen LogP contribution in [0.4, 0.5) is 5.69 Å². The molecule has 6 heteroatoms. The molecule has 0 saturated carbocycles. The quantitative estimate of drug-likeness (QED) is 0.711. The average molecular weight is 272 g/mol. The van der Waals surface area contributed by atoms with Gasteiger partial charge in [-0.05, 0) is 18.2 Å². The first-order valence-electron chi connectivity index (χ1n) is 5.08. The summed E-state index contributed by atoms with van der Waals surface area (Å²) in [5.41, 5.74) is 7.06. The van der Waals surface area contributed by atoms with Crippen LogP contribution >= 0.6 is 23.8 Å². The fourth-order valence-corrected chi connectivity index (χ4v) is 1.66. The van der Waals surface area contributed by atoms with Gasteiger partial charge < -0.3 is 16.4 Å². The van der Waals surface area contributed by atoms with E-state index in [0.717, 1.165) is 11.3 Å². The predicted molar refractivity (Wildman–Crippen MR) is 74.5 cm³/mol. The van der Waals surface area contributed by atoms with Gasteiger partial charge in [-0.3, -0.25) is 4.79 Å². The first kappa shape index (κ1) is 13.7. The Kier molecular flexibility index (Phi) is 5.18. The molecule has 0 heterocycles. The Morgan fingerprint density at radius 1 is 1.53 bits per heavy atom. The number of thiocarbonyl (C=S) groups is 1. The molecule has 0 fully saturated rings. The minimum absolute atomic E-state index is 0.0311. The van der Waals surface area contributed by atoms with Crippen LogP contribution in [-0.4, -0.2) is 24.5 Å². The predicted octanol–water partition coefficient (Wildman–Crippen LogP) is 1.52. The van der Waals surface area contributed by atoms with Crippen molar-refractivity contribution in [2.45, 2.75) is 6.42 Å². The summed E-state index contributed by atoms with van der Waals surface area (Å²) in [6.07, 6.45) is 0.375. The van der Waals surface area contributed by atoms with E-state index >= 15 is 0 Å². The number of benzene rings is 1. The lowest BCUT2D eigenvalue weighted by atomic mass is 10.1. The van der Waals surface area contributed by atoms with Gasteiger partial charge >= 0.3 is 0 Å². The molecule has 0 bridgehead atoms. The summed E-state index contributed by atoms with van der Waals surface area (Å²) in [4.78, 5) is 11.4. The van der Waals surface area contributed by atoms with Gasteiger partial charge in [0.2, 0.25) is 5.91 Å². The number of carbonyl (C=O) groups is 1. The van der Waals surface area contributed by atoms with Crippen LogP contribution in [0.3, 0.4) is 0 Å². The molecule has 0 atom stereocenters. The van der Waals surface area contributed by atoms with Crippen LogP contribution in [0.25, 0.3) is 0 Å². The molecule has 1 aromatic rings. The first-order chi connectivity index (χ1) is 8.04. The largest absolute Gasteiger partial charge is 0.389 e. The van der Waals surface area contributed by atoms with Crippen molar-refractivity contribution in [2.75, 3.05) is 18.9 Å². The van der Waals surface area contributed by atoms with Gasteiger partial charge in [-0.25, -0.2) is 0 Å². The number of rotatable bonds is 5. The molecule has 0 unspecified atom stereocenters. The number of nitrogens with two attached hydrogens (primary N) is 1. The van der Waals surface area contributed by atoms with E-state index in [1.807, 2.05) is 0 Å². The molecule has 1 rings (SSSR count). The van der Waals surface area contributed by atoms with Crippen molar-refractivity contribution in [3.8, 4) is 0 Å². The highest BCUT2D eigenvalue weighted by Crippen LogP contribution is 2.20. The standard InChI is InChI=1S/C11H14ClN3OS/c1-14-10(16)4-5-15-9-6-7(12)2-3-8(9)11(13)17/h2-3,6,15H,4-5H2,1H3,(H2,13,17)(H,14,16). The van der Waals surface area contributed by atoms with Crippen molar-refractivity contribution in [1.82, 2.24) is 5.32 Å². The number of hydrogen-bond donors (Lipinski definition) is 3. The third-order valence-electron chi connectivity index (χ3n) is 2.19. The summed E-state index contributed by atoms with van der Waals surface area (Å²) in [6.45, 7) is 0.496. The average Bonchev–Trinajstić information content (AvgIpc) is 2.28. The van der Waals surface area contributed by atoms with Crippen LogP contribution < -0.4 is 16.4 Å². The molecule has 4 N–H and O–H groups in total. The second-order valence-electron chi connectivity index (χ2n) is 3.40. The van der Waals surface area contributed by atoms with Crippen molar-refractivity contribution < 1.29 is 4.79 Å². The molecule has 17 heavy (non-hydrogen) atoms. The Labute approximate surface area is 111 Å². The van der Waals surface area contributed by atoms with Gasteiger partial charge in [-0.1, -0.05) is 23.8 Å². The van der Waals surface area contributed by atoms with Crippen molar-refractivity contribution in [3.05, 3.63) is 28.8 Å². The highest BCUT2D eigenvalue weighted by atomic mass is 35.5. The molecular weight excluding hydrogens is 258 g/mol. The van der Waals surface area contributed by atoms with Crippen molar-refractivity contribution in [2.24, 2.45) is 5.73 Å². The molecule has 4 nitrogen and oxygen atoms in total. The Balaban J connectivity index is 2.72. The Hall–Kier alpha value is -1.33. The van der Waals surface area contributed by atoms with Crippen LogP contribution in [0.5, 0.6) is 0 Å². The molecule has 92 valence electrons. The number of hydrogen-bond acceptors (Lipinski definition) is 3. The van der Waals surface area contributed by atoms with Gasteiger partial charge in [-0.2, -0.15) is 0 Å². The minimum Gasteiger partial charge on any atom is -0.389 e. The van der Waals surface area contributed by atoms with E-state index in [4.69, 9.17) is 29.6 Å². The lowest BCUT2D eigenvalue weighted by Gasteiger charge is -2.11. The normalized spacial score (nSPS) is 9.76. The minimum atomic E-state index is -0.0311. The Morgan fingerprint density at radius 3 is 2.82 bits per heavy atom. The molecule has 0 aliphatic carbocycles. The topological polar surface area (TPSA) is 67.2 Å². The molecule has 0 aliphatic heterocycles. The molecule has 0 radical (unpaired) electrons. The molecular formula is C11H14ClN3OS. The van der Waals surface area contributed by atoms with Crippen molar-refractivity contribution >= 4 is 40.4 Å².